The van der Waals surface area contributed by atoms with Crippen molar-refractivity contribution in [2.45, 2.75) is 101 Å². The van der Waals surface area contributed by atoms with Gasteiger partial charge in [-0.15, -0.1) is 0 Å². The van der Waals surface area contributed by atoms with Crippen LogP contribution in [-0.4, -0.2) is 86.5 Å². The van der Waals surface area contributed by atoms with Gasteiger partial charge < -0.3 is 28.8 Å². The van der Waals surface area contributed by atoms with Gasteiger partial charge >= 0.3 is 5.97 Å². The van der Waals surface area contributed by atoms with Crippen LogP contribution in [-0.2, 0) is 30.8 Å². The molecule has 4 bridgehead atoms. The first-order valence-electron chi connectivity index (χ1n) is 16.1. The maximum absolute atomic E-state index is 12.9. The molecule has 2 aliphatic heterocycles. The average Bonchev–Trinajstić information content (AvgIpc) is 3.69. The van der Waals surface area contributed by atoms with Crippen LogP contribution in [0.5, 0.6) is 11.5 Å². The molecule has 0 radical (unpaired) electrons. The minimum absolute atomic E-state index is 0.0465. The van der Waals surface area contributed by atoms with Crippen LogP contribution in [0.1, 0.15) is 77.3 Å². The van der Waals surface area contributed by atoms with Gasteiger partial charge in [0.05, 0.1) is 18.8 Å². The minimum Gasteiger partial charge on any atom is -0.482 e. The molecule has 5 aliphatic carbocycles. The number of esters is 1. The second kappa shape index (κ2) is 9.64. The Hall–Kier alpha value is -1.71. The summed E-state index contributed by atoms with van der Waals surface area (Å²) in [6.45, 7) is 11.3. The summed E-state index contributed by atoms with van der Waals surface area (Å²) in [7, 11) is 3.42. The Morgan fingerprint density at radius 2 is 1.90 bits per heavy atom. The number of piperidine rings is 1. The van der Waals surface area contributed by atoms with Crippen LogP contribution < -0.4 is 9.47 Å². The molecule has 1 unspecified atom stereocenters. The number of aliphatic hydroxyl groups is 1. The molecule has 8 heteroatoms. The molecule has 2 spiro atoms. The minimum atomic E-state index is -0.971. The SMILES string of the molecule is COCCOCC(=O)Oc1ccc2c3c1O[C@H]1C4(OC)CC[C@@]5(C[C@@H]4[C@](C)(O)C(C)(C)C)[C@@H](C2)N(CC2CC2)CC[C@]315. The molecule has 7 aliphatic rings. The summed E-state index contributed by atoms with van der Waals surface area (Å²) in [5, 5.41) is 12.4. The van der Waals surface area contributed by atoms with Crippen LogP contribution in [0.25, 0.3) is 0 Å². The largest absolute Gasteiger partial charge is 0.482 e. The van der Waals surface area contributed by atoms with Crippen LogP contribution in [0.4, 0.5) is 0 Å². The molecule has 8 nitrogen and oxygen atoms in total. The molecule has 0 amide bonds. The van der Waals surface area contributed by atoms with E-state index in [0.29, 0.717) is 30.8 Å². The number of rotatable bonds is 10. The van der Waals surface area contributed by atoms with Gasteiger partial charge in [0.2, 0.25) is 0 Å². The number of hydrogen-bond acceptors (Lipinski definition) is 8. The standard InChI is InChI=1S/C34H49NO7/c1-30(2,3)31(4,37)24-18-32-11-12-34(24,39-6)29-33(32)13-14-35(19-21-7-8-21)25(32)17-22-9-10-23(28(42-29)27(22)33)41-26(36)20-40-16-15-38-5/h9-10,21,24-25,29,37H,7-8,11-20H2,1-6H3/t24-,25-,29-,31+,32-,33+,34?/m1/s1. The van der Waals surface area contributed by atoms with E-state index in [1.54, 1.807) is 7.11 Å². The van der Waals surface area contributed by atoms with E-state index in [1.807, 2.05) is 20.1 Å². The van der Waals surface area contributed by atoms with Crippen molar-refractivity contribution in [2.75, 3.05) is 47.1 Å². The third-order valence-electron chi connectivity index (χ3n) is 12.7. The Morgan fingerprint density at radius 3 is 2.60 bits per heavy atom. The molecule has 2 heterocycles. The fourth-order valence-electron chi connectivity index (χ4n) is 10.1. The first-order valence-corrected chi connectivity index (χ1v) is 16.1. The van der Waals surface area contributed by atoms with E-state index in [0.717, 1.165) is 44.6 Å². The van der Waals surface area contributed by atoms with Gasteiger partial charge in [0.15, 0.2) is 11.5 Å². The van der Waals surface area contributed by atoms with Gasteiger partial charge in [0.1, 0.15) is 18.3 Å². The highest BCUT2D eigenvalue weighted by Gasteiger charge is 2.82. The van der Waals surface area contributed by atoms with Crippen molar-refractivity contribution in [3.8, 4) is 11.5 Å². The van der Waals surface area contributed by atoms with Crippen molar-refractivity contribution < 1.29 is 33.6 Å². The van der Waals surface area contributed by atoms with Crippen LogP contribution in [0.2, 0.25) is 0 Å². The number of nitrogens with zero attached hydrogens (tertiary/aromatic N) is 1. The smallest absolute Gasteiger partial charge is 0.337 e. The topological polar surface area (TPSA) is 86.7 Å². The molecule has 0 aromatic heterocycles. The van der Waals surface area contributed by atoms with Crippen LogP contribution in [0, 0.1) is 22.7 Å². The lowest BCUT2D eigenvalue weighted by Crippen LogP contribution is -2.83. The van der Waals surface area contributed by atoms with Gasteiger partial charge in [0.25, 0.3) is 0 Å². The highest BCUT2D eigenvalue weighted by molar-refractivity contribution is 5.76. The number of methoxy groups -OCH3 is 2. The Bertz CT molecular complexity index is 1250. The number of carbonyl (C=O) groups is 1. The number of likely N-dealkylation sites (tertiary alicyclic amines) is 1. The van der Waals surface area contributed by atoms with Crippen molar-refractivity contribution in [1.29, 1.82) is 0 Å². The third kappa shape index (κ3) is 3.74. The monoisotopic (exact) mass is 583 g/mol. The van der Waals surface area contributed by atoms with Gasteiger partial charge in [-0.05, 0) is 81.4 Å². The van der Waals surface area contributed by atoms with E-state index >= 15 is 0 Å². The molecule has 42 heavy (non-hydrogen) atoms. The average molecular weight is 584 g/mol. The van der Waals surface area contributed by atoms with E-state index < -0.39 is 17.2 Å². The molecule has 8 rings (SSSR count). The van der Waals surface area contributed by atoms with Gasteiger partial charge in [-0.1, -0.05) is 26.8 Å². The van der Waals surface area contributed by atoms with Crippen LogP contribution >= 0.6 is 0 Å². The fourth-order valence-corrected chi connectivity index (χ4v) is 10.1. The zero-order valence-electron chi connectivity index (χ0n) is 26.3. The molecule has 1 aromatic carbocycles. The van der Waals surface area contributed by atoms with Crippen molar-refractivity contribution >= 4 is 5.97 Å². The van der Waals surface area contributed by atoms with Crippen molar-refractivity contribution in [2.24, 2.45) is 22.7 Å². The van der Waals surface area contributed by atoms with Gasteiger partial charge in [-0.25, -0.2) is 4.79 Å². The van der Waals surface area contributed by atoms with E-state index in [9.17, 15) is 9.90 Å². The lowest BCUT2D eigenvalue weighted by molar-refractivity contribution is -0.312. The zero-order chi connectivity index (χ0) is 29.7. The summed E-state index contributed by atoms with van der Waals surface area (Å²) >= 11 is 0. The summed E-state index contributed by atoms with van der Waals surface area (Å²) in [6, 6.07) is 4.48. The molecule has 1 saturated heterocycles. The number of fused-ring (bicyclic) bond motifs is 2. The first-order chi connectivity index (χ1) is 19.9. The summed E-state index contributed by atoms with van der Waals surface area (Å²) in [6.07, 6.45) is 7.20. The zero-order valence-corrected chi connectivity index (χ0v) is 26.3. The summed E-state index contributed by atoms with van der Waals surface area (Å²) < 4.78 is 30.2. The van der Waals surface area contributed by atoms with E-state index in [-0.39, 0.29) is 34.9 Å². The molecule has 7 atom stereocenters. The molecule has 1 aromatic rings. The molecule has 5 fully saturated rings. The van der Waals surface area contributed by atoms with Crippen LogP contribution in [0.15, 0.2) is 12.1 Å². The van der Waals surface area contributed by atoms with Gasteiger partial charge in [0, 0.05) is 49.1 Å². The Labute approximate surface area is 250 Å². The summed E-state index contributed by atoms with van der Waals surface area (Å²) in [5.74, 6) is 1.45. The quantitative estimate of drug-likeness (QED) is 0.248. The van der Waals surface area contributed by atoms with Crippen LogP contribution in [0.3, 0.4) is 0 Å². The third-order valence-corrected chi connectivity index (χ3v) is 12.7. The Balaban J connectivity index is 1.35. The predicted molar refractivity (Wildman–Crippen MR) is 157 cm³/mol. The number of ether oxygens (including phenoxy) is 5. The highest BCUT2D eigenvalue weighted by atomic mass is 16.6. The Morgan fingerprint density at radius 1 is 1.12 bits per heavy atom. The van der Waals surface area contributed by atoms with E-state index in [2.05, 4.69) is 31.7 Å². The van der Waals surface area contributed by atoms with Crippen molar-refractivity contribution in [1.82, 2.24) is 4.90 Å². The van der Waals surface area contributed by atoms with Crippen molar-refractivity contribution in [3.63, 3.8) is 0 Å². The van der Waals surface area contributed by atoms with E-state index in [1.165, 1.54) is 30.5 Å². The summed E-state index contributed by atoms with van der Waals surface area (Å²) in [5.41, 5.74) is 0.308. The van der Waals surface area contributed by atoms with Gasteiger partial charge in [-0.3, -0.25) is 4.90 Å². The second-order valence-corrected chi connectivity index (χ2v) is 15.3. The summed E-state index contributed by atoms with van der Waals surface area (Å²) in [4.78, 5) is 15.7. The maximum atomic E-state index is 12.9. The molecular formula is C34H49NO7. The van der Waals surface area contributed by atoms with Gasteiger partial charge in [-0.2, -0.15) is 0 Å². The molecule has 4 saturated carbocycles. The second-order valence-electron chi connectivity index (χ2n) is 15.3. The number of benzene rings is 1. The molecule has 232 valence electrons. The molecular weight excluding hydrogens is 534 g/mol. The normalized spacial score (nSPS) is 37.6. The van der Waals surface area contributed by atoms with E-state index in [4.69, 9.17) is 23.7 Å². The van der Waals surface area contributed by atoms with Crippen molar-refractivity contribution in [3.05, 3.63) is 23.3 Å². The predicted octanol–water partition coefficient (Wildman–Crippen LogP) is 4.28. The lowest BCUT2D eigenvalue weighted by Gasteiger charge is -2.75. The molecule has 1 N–H and O–H groups in total. The lowest BCUT2D eigenvalue weighted by atomic mass is 9.33. The number of hydrogen-bond donors (Lipinski definition) is 1. The first kappa shape index (κ1) is 29.0. The number of carbonyl (C=O) groups excluding carboxylic acids is 1. The maximum Gasteiger partial charge on any atom is 0.337 e. The Kier molecular flexibility index (Phi) is 6.66. The highest BCUT2D eigenvalue weighted by Crippen LogP contribution is 2.78. The fraction of sp³-hybridized carbons (Fsp3) is 0.794.